The van der Waals surface area contributed by atoms with Gasteiger partial charge < -0.3 is 11.5 Å². The summed E-state index contributed by atoms with van der Waals surface area (Å²) in [6.07, 6.45) is 0. The summed E-state index contributed by atoms with van der Waals surface area (Å²) in [5.74, 6) is 0.581. The van der Waals surface area contributed by atoms with Gasteiger partial charge in [0, 0.05) is 21.4 Å². The van der Waals surface area contributed by atoms with Gasteiger partial charge in [-0.2, -0.15) is 4.68 Å². The van der Waals surface area contributed by atoms with E-state index in [9.17, 15) is 0 Å². The summed E-state index contributed by atoms with van der Waals surface area (Å²) in [4.78, 5) is 0. The van der Waals surface area contributed by atoms with Crippen molar-refractivity contribution in [2.45, 2.75) is 6.92 Å². The lowest BCUT2D eigenvalue weighted by atomic mass is 10.1. The van der Waals surface area contributed by atoms with Gasteiger partial charge in [0.25, 0.3) is 0 Å². The van der Waals surface area contributed by atoms with Crippen molar-refractivity contribution < 1.29 is 0 Å². The van der Waals surface area contributed by atoms with E-state index >= 15 is 0 Å². The van der Waals surface area contributed by atoms with Crippen LogP contribution >= 0.6 is 15.9 Å². The number of nitrogens with zero attached hydrogens (tertiary/aromatic N) is 4. The predicted octanol–water partition coefficient (Wildman–Crippen LogP) is 2.56. The maximum atomic E-state index is 6.03. The van der Waals surface area contributed by atoms with E-state index in [1.54, 1.807) is 16.8 Å². The second kappa shape index (κ2) is 5.17. The zero-order valence-electron chi connectivity index (χ0n) is 11.3. The Morgan fingerprint density at radius 1 is 1.10 bits per heavy atom. The fourth-order valence-electron chi connectivity index (χ4n) is 2.16. The van der Waals surface area contributed by atoms with Crippen LogP contribution in [-0.4, -0.2) is 20.2 Å². The van der Waals surface area contributed by atoms with E-state index in [1.807, 2.05) is 31.2 Å². The van der Waals surface area contributed by atoms with E-state index in [2.05, 4.69) is 31.5 Å². The predicted molar refractivity (Wildman–Crippen MR) is 85.9 cm³/mol. The summed E-state index contributed by atoms with van der Waals surface area (Å²) in [5, 5.41) is 11.9. The first-order valence-corrected chi connectivity index (χ1v) is 7.06. The average molecular weight is 345 g/mol. The van der Waals surface area contributed by atoms with Gasteiger partial charge in [-0.25, -0.2) is 0 Å². The highest BCUT2D eigenvalue weighted by molar-refractivity contribution is 9.10. The minimum atomic E-state index is 0.542. The zero-order valence-corrected chi connectivity index (χ0v) is 12.9. The molecule has 0 fully saturated rings. The third kappa shape index (κ3) is 2.47. The van der Waals surface area contributed by atoms with Crippen LogP contribution in [0.15, 0.2) is 40.9 Å². The standard InChI is InChI=1S/C14H13BrN6/c1-8-6-9(15)2-5-13(8)21-14(18-19-20-21)11-4-3-10(16)7-12(11)17/h2-7H,16-17H2,1H3. The summed E-state index contributed by atoms with van der Waals surface area (Å²) in [6.45, 7) is 2.00. The van der Waals surface area contributed by atoms with Gasteiger partial charge in [0.05, 0.1) is 5.69 Å². The summed E-state index contributed by atoms with van der Waals surface area (Å²) in [5.41, 5.74) is 15.6. The van der Waals surface area contributed by atoms with E-state index in [4.69, 9.17) is 11.5 Å². The van der Waals surface area contributed by atoms with Crippen molar-refractivity contribution in [2.75, 3.05) is 11.5 Å². The quantitative estimate of drug-likeness (QED) is 0.696. The Morgan fingerprint density at radius 3 is 2.62 bits per heavy atom. The summed E-state index contributed by atoms with van der Waals surface area (Å²) >= 11 is 3.45. The molecular formula is C14H13BrN6. The van der Waals surface area contributed by atoms with Gasteiger partial charge in [0.2, 0.25) is 0 Å². The van der Waals surface area contributed by atoms with Gasteiger partial charge in [-0.05, 0) is 59.3 Å². The molecule has 3 aromatic rings. The number of halogens is 1. The number of nitrogen functional groups attached to an aromatic ring is 2. The molecule has 0 saturated carbocycles. The molecule has 106 valence electrons. The van der Waals surface area contributed by atoms with E-state index in [1.165, 1.54) is 0 Å². The summed E-state index contributed by atoms with van der Waals surface area (Å²) < 4.78 is 2.68. The van der Waals surface area contributed by atoms with E-state index in [0.29, 0.717) is 17.2 Å². The van der Waals surface area contributed by atoms with Crippen LogP contribution in [0.25, 0.3) is 17.1 Å². The molecule has 0 aliphatic heterocycles. The zero-order chi connectivity index (χ0) is 15.0. The molecule has 7 heteroatoms. The van der Waals surface area contributed by atoms with Crippen molar-refractivity contribution >= 4 is 27.3 Å². The monoisotopic (exact) mass is 344 g/mol. The molecule has 0 spiro atoms. The van der Waals surface area contributed by atoms with Crippen LogP contribution in [0.2, 0.25) is 0 Å². The number of benzene rings is 2. The maximum absolute atomic E-state index is 6.03. The first-order valence-electron chi connectivity index (χ1n) is 6.26. The minimum Gasteiger partial charge on any atom is -0.399 e. The van der Waals surface area contributed by atoms with Crippen molar-refractivity contribution in [3.63, 3.8) is 0 Å². The second-order valence-electron chi connectivity index (χ2n) is 4.69. The number of aromatic nitrogens is 4. The molecule has 6 nitrogen and oxygen atoms in total. The molecule has 0 aliphatic carbocycles. The highest BCUT2D eigenvalue weighted by atomic mass is 79.9. The molecule has 0 aliphatic rings. The average Bonchev–Trinajstić information content (AvgIpc) is 2.87. The highest BCUT2D eigenvalue weighted by Gasteiger charge is 2.15. The van der Waals surface area contributed by atoms with Crippen LogP contribution in [0.5, 0.6) is 0 Å². The molecule has 0 radical (unpaired) electrons. The Morgan fingerprint density at radius 2 is 1.90 bits per heavy atom. The third-order valence-electron chi connectivity index (χ3n) is 3.17. The number of hydrogen-bond donors (Lipinski definition) is 2. The Balaban J connectivity index is 2.17. The Hall–Kier alpha value is -2.41. The second-order valence-corrected chi connectivity index (χ2v) is 5.61. The lowest BCUT2D eigenvalue weighted by Gasteiger charge is -2.10. The SMILES string of the molecule is Cc1cc(Br)ccc1-n1nnnc1-c1ccc(N)cc1N. The molecule has 0 unspecified atom stereocenters. The number of nitrogens with two attached hydrogens (primary N) is 2. The van der Waals surface area contributed by atoms with Crippen molar-refractivity contribution in [1.82, 2.24) is 20.2 Å². The van der Waals surface area contributed by atoms with E-state index in [0.717, 1.165) is 21.3 Å². The molecule has 3 rings (SSSR count). The number of hydrogen-bond acceptors (Lipinski definition) is 5. The number of anilines is 2. The number of rotatable bonds is 2. The largest absolute Gasteiger partial charge is 0.399 e. The van der Waals surface area contributed by atoms with Crippen molar-refractivity contribution in [3.8, 4) is 17.1 Å². The van der Waals surface area contributed by atoms with Crippen LogP contribution in [0, 0.1) is 6.92 Å². The fourth-order valence-corrected chi connectivity index (χ4v) is 2.63. The van der Waals surface area contributed by atoms with Crippen LogP contribution in [0.4, 0.5) is 11.4 Å². The molecule has 0 atom stereocenters. The Kier molecular flexibility index (Phi) is 3.34. The summed E-state index contributed by atoms with van der Waals surface area (Å²) in [6, 6.07) is 11.2. The summed E-state index contributed by atoms with van der Waals surface area (Å²) in [7, 11) is 0. The molecule has 0 bridgehead atoms. The van der Waals surface area contributed by atoms with Gasteiger partial charge in [-0.15, -0.1) is 5.10 Å². The molecule has 1 aromatic heterocycles. The molecule has 0 saturated heterocycles. The molecule has 1 heterocycles. The van der Waals surface area contributed by atoms with Gasteiger partial charge >= 0.3 is 0 Å². The molecule has 4 N–H and O–H groups in total. The molecule has 0 amide bonds. The van der Waals surface area contributed by atoms with Gasteiger partial charge in [-0.1, -0.05) is 15.9 Å². The number of aryl methyl sites for hydroxylation is 1. The fraction of sp³-hybridized carbons (Fsp3) is 0.0714. The minimum absolute atomic E-state index is 0.542. The Labute approximate surface area is 129 Å². The van der Waals surface area contributed by atoms with Crippen molar-refractivity contribution in [3.05, 3.63) is 46.4 Å². The first kappa shape index (κ1) is 13.6. The maximum Gasteiger partial charge on any atom is 0.189 e. The lowest BCUT2D eigenvalue weighted by Crippen LogP contribution is -2.04. The lowest BCUT2D eigenvalue weighted by molar-refractivity contribution is 0.787. The van der Waals surface area contributed by atoms with Crippen LogP contribution in [-0.2, 0) is 0 Å². The van der Waals surface area contributed by atoms with Crippen LogP contribution in [0.3, 0.4) is 0 Å². The molecule has 2 aromatic carbocycles. The van der Waals surface area contributed by atoms with Crippen LogP contribution < -0.4 is 11.5 Å². The molecular weight excluding hydrogens is 332 g/mol. The normalized spacial score (nSPS) is 10.8. The van der Waals surface area contributed by atoms with Crippen molar-refractivity contribution in [2.24, 2.45) is 0 Å². The smallest absolute Gasteiger partial charge is 0.189 e. The van der Waals surface area contributed by atoms with Gasteiger partial charge in [-0.3, -0.25) is 0 Å². The van der Waals surface area contributed by atoms with E-state index in [-0.39, 0.29) is 0 Å². The van der Waals surface area contributed by atoms with E-state index < -0.39 is 0 Å². The van der Waals surface area contributed by atoms with Crippen molar-refractivity contribution in [1.29, 1.82) is 0 Å². The number of tetrazole rings is 1. The first-order chi connectivity index (χ1) is 10.1. The topological polar surface area (TPSA) is 95.6 Å². The van der Waals surface area contributed by atoms with Gasteiger partial charge in [0.15, 0.2) is 5.82 Å². The Bertz CT molecular complexity index is 745. The third-order valence-corrected chi connectivity index (χ3v) is 3.67. The highest BCUT2D eigenvalue weighted by Crippen LogP contribution is 2.28. The van der Waals surface area contributed by atoms with Crippen LogP contribution in [0.1, 0.15) is 5.56 Å². The molecule has 21 heavy (non-hydrogen) atoms. The van der Waals surface area contributed by atoms with Gasteiger partial charge in [0.1, 0.15) is 0 Å².